The average Bonchev–Trinajstić information content (AvgIpc) is 2.93. The normalized spacial score (nSPS) is 31.0. The fourth-order valence-electron chi connectivity index (χ4n) is 3.40. The van der Waals surface area contributed by atoms with Crippen molar-refractivity contribution in [1.82, 2.24) is 4.90 Å². The minimum absolute atomic E-state index is 0.249. The number of carbonyl (C=O) groups excluding carboxylic acids is 1. The molecule has 0 heterocycles. The zero-order valence-corrected chi connectivity index (χ0v) is 11.8. The summed E-state index contributed by atoms with van der Waals surface area (Å²) >= 11 is 0. The van der Waals surface area contributed by atoms with Crippen LogP contribution in [0.2, 0.25) is 0 Å². The Morgan fingerprint density at radius 3 is 2.19 bits per heavy atom. The van der Waals surface area contributed by atoms with Gasteiger partial charge in [0.1, 0.15) is 6.54 Å². The van der Waals surface area contributed by atoms with Gasteiger partial charge in [-0.25, -0.2) is 0 Å². The lowest BCUT2D eigenvalue weighted by atomic mass is 9.82. The predicted octanol–water partition coefficient (Wildman–Crippen LogP) is 2.31. The highest BCUT2D eigenvalue weighted by Gasteiger charge is 2.53. The van der Waals surface area contributed by atoms with Crippen LogP contribution >= 0.6 is 0 Å². The number of carboxylic acids is 1. The summed E-state index contributed by atoms with van der Waals surface area (Å²) in [6.07, 6.45) is -0.438. The summed E-state index contributed by atoms with van der Waals surface area (Å²) in [4.78, 5) is 24.6. The molecule has 2 aliphatic carbocycles. The zero-order valence-electron chi connectivity index (χ0n) is 11.8. The number of nitrogens with zero attached hydrogens (tertiary/aromatic N) is 1. The molecule has 4 atom stereocenters. The van der Waals surface area contributed by atoms with E-state index >= 15 is 0 Å². The van der Waals surface area contributed by atoms with Gasteiger partial charge in [0.25, 0.3) is 0 Å². The van der Waals surface area contributed by atoms with Gasteiger partial charge < -0.3 is 10.0 Å². The lowest BCUT2D eigenvalue weighted by Crippen LogP contribution is -2.49. The third-order valence-electron chi connectivity index (χ3n) is 4.29. The molecule has 4 nitrogen and oxygen atoms in total. The predicted molar refractivity (Wildman–Crippen MR) is 68.3 cm³/mol. The SMILES string of the molecule is CC(C)N(CC(F)(F)F)C(=O)C1C2C=CC(C2)C1C(=O)O. The maximum atomic E-state index is 12.6. The van der Waals surface area contributed by atoms with E-state index in [1.807, 2.05) is 0 Å². The third-order valence-corrected chi connectivity index (χ3v) is 4.29. The molecule has 1 amide bonds. The highest BCUT2D eigenvalue weighted by atomic mass is 19.4. The molecular weight excluding hydrogens is 287 g/mol. The van der Waals surface area contributed by atoms with Gasteiger partial charge in [-0.15, -0.1) is 0 Å². The standard InChI is InChI=1S/C14H18F3NO3/c1-7(2)18(6-14(15,16)17)12(19)10-8-3-4-9(5-8)11(10)13(20)21/h3-4,7-11H,5-6H2,1-2H3,(H,20,21). The number of fused-ring (bicyclic) bond motifs is 2. The molecule has 0 aliphatic heterocycles. The van der Waals surface area contributed by atoms with Crippen molar-refractivity contribution in [1.29, 1.82) is 0 Å². The van der Waals surface area contributed by atoms with E-state index < -0.39 is 42.5 Å². The number of rotatable bonds is 4. The second-order valence-electron chi connectivity index (χ2n) is 6.01. The summed E-state index contributed by atoms with van der Waals surface area (Å²) in [7, 11) is 0. The van der Waals surface area contributed by atoms with Gasteiger partial charge in [0.05, 0.1) is 11.8 Å². The van der Waals surface area contributed by atoms with E-state index in [2.05, 4.69) is 0 Å². The Balaban J connectivity index is 2.24. The quantitative estimate of drug-likeness (QED) is 0.811. The number of aliphatic carboxylic acids is 1. The van der Waals surface area contributed by atoms with Gasteiger partial charge in [0.2, 0.25) is 5.91 Å². The number of allylic oxidation sites excluding steroid dienone is 2. The first-order chi connectivity index (χ1) is 9.61. The molecule has 0 radical (unpaired) electrons. The summed E-state index contributed by atoms with van der Waals surface area (Å²) < 4.78 is 37.9. The molecule has 118 valence electrons. The van der Waals surface area contributed by atoms with Gasteiger partial charge in [0, 0.05) is 6.04 Å². The van der Waals surface area contributed by atoms with E-state index in [1.54, 1.807) is 12.2 Å². The number of amides is 1. The first kappa shape index (κ1) is 15.9. The van der Waals surface area contributed by atoms with E-state index in [4.69, 9.17) is 0 Å². The van der Waals surface area contributed by atoms with Gasteiger partial charge in [0.15, 0.2) is 0 Å². The molecule has 4 unspecified atom stereocenters. The number of alkyl halides is 3. The fourth-order valence-corrected chi connectivity index (χ4v) is 3.40. The van der Waals surface area contributed by atoms with Crippen molar-refractivity contribution in [3.63, 3.8) is 0 Å². The summed E-state index contributed by atoms with van der Waals surface area (Å²) in [5, 5.41) is 9.28. The Kier molecular flexibility index (Phi) is 4.04. The van der Waals surface area contributed by atoms with Crippen LogP contribution in [0.3, 0.4) is 0 Å². The van der Waals surface area contributed by atoms with Gasteiger partial charge in [-0.2, -0.15) is 13.2 Å². The van der Waals surface area contributed by atoms with E-state index in [0.29, 0.717) is 6.42 Å². The molecule has 2 rings (SSSR count). The largest absolute Gasteiger partial charge is 0.481 e. The van der Waals surface area contributed by atoms with E-state index in [-0.39, 0.29) is 11.8 Å². The smallest absolute Gasteiger partial charge is 0.406 e. The number of carbonyl (C=O) groups is 2. The minimum atomic E-state index is -4.49. The van der Waals surface area contributed by atoms with Crippen molar-refractivity contribution in [3.8, 4) is 0 Å². The topological polar surface area (TPSA) is 57.6 Å². The monoisotopic (exact) mass is 305 g/mol. The molecule has 0 aromatic rings. The van der Waals surface area contributed by atoms with Crippen molar-refractivity contribution in [2.45, 2.75) is 32.5 Å². The second-order valence-corrected chi connectivity index (χ2v) is 6.01. The lowest BCUT2D eigenvalue weighted by molar-refractivity contribution is -0.170. The zero-order chi connectivity index (χ0) is 15.9. The molecule has 2 bridgehead atoms. The molecule has 7 heteroatoms. The Morgan fingerprint density at radius 1 is 1.24 bits per heavy atom. The van der Waals surface area contributed by atoms with Crippen molar-refractivity contribution in [2.24, 2.45) is 23.7 Å². The molecule has 0 saturated heterocycles. The second kappa shape index (κ2) is 5.35. The lowest BCUT2D eigenvalue weighted by Gasteiger charge is -2.33. The summed E-state index contributed by atoms with van der Waals surface area (Å²) in [5.41, 5.74) is 0. The first-order valence-electron chi connectivity index (χ1n) is 6.90. The fraction of sp³-hybridized carbons (Fsp3) is 0.714. The van der Waals surface area contributed by atoms with Gasteiger partial charge in [-0.3, -0.25) is 9.59 Å². The molecule has 21 heavy (non-hydrogen) atoms. The average molecular weight is 305 g/mol. The number of hydrogen-bond donors (Lipinski definition) is 1. The summed E-state index contributed by atoms with van der Waals surface area (Å²) in [6, 6.07) is -0.628. The van der Waals surface area contributed by atoms with Gasteiger partial charge in [-0.05, 0) is 32.1 Å². The maximum absolute atomic E-state index is 12.6. The van der Waals surface area contributed by atoms with Crippen LogP contribution in [0.25, 0.3) is 0 Å². The Bertz CT molecular complexity index is 473. The van der Waals surface area contributed by atoms with Crippen molar-refractivity contribution < 1.29 is 27.9 Å². The summed E-state index contributed by atoms with van der Waals surface area (Å²) in [6.45, 7) is 1.67. The maximum Gasteiger partial charge on any atom is 0.406 e. The van der Waals surface area contributed by atoms with Crippen LogP contribution in [0.5, 0.6) is 0 Å². The van der Waals surface area contributed by atoms with Gasteiger partial charge in [-0.1, -0.05) is 12.2 Å². The molecule has 1 fully saturated rings. The Hall–Kier alpha value is -1.53. The molecule has 1 N–H and O–H groups in total. The van der Waals surface area contributed by atoms with Crippen LogP contribution in [-0.4, -0.2) is 40.6 Å². The van der Waals surface area contributed by atoms with Gasteiger partial charge >= 0.3 is 12.1 Å². The number of carboxylic acid groups (broad SMARTS) is 1. The first-order valence-corrected chi connectivity index (χ1v) is 6.90. The van der Waals surface area contributed by atoms with Crippen LogP contribution in [0, 0.1) is 23.7 Å². The third kappa shape index (κ3) is 3.06. The molecule has 0 aromatic carbocycles. The van der Waals surface area contributed by atoms with Crippen LogP contribution in [-0.2, 0) is 9.59 Å². The van der Waals surface area contributed by atoms with Crippen molar-refractivity contribution in [3.05, 3.63) is 12.2 Å². The van der Waals surface area contributed by atoms with Crippen molar-refractivity contribution in [2.75, 3.05) is 6.54 Å². The van der Waals surface area contributed by atoms with E-state index in [9.17, 15) is 27.9 Å². The van der Waals surface area contributed by atoms with Crippen LogP contribution < -0.4 is 0 Å². The van der Waals surface area contributed by atoms with E-state index in [0.717, 1.165) is 4.90 Å². The summed E-state index contributed by atoms with van der Waals surface area (Å²) in [5.74, 6) is -4.13. The molecule has 0 aromatic heterocycles. The van der Waals surface area contributed by atoms with Crippen LogP contribution in [0.15, 0.2) is 12.2 Å². The Morgan fingerprint density at radius 2 is 1.76 bits per heavy atom. The van der Waals surface area contributed by atoms with E-state index in [1.165, 1.54) is 13.8 Å². The molecule has 1 saturated carbocycles. The van der Waals surface area contributed by atoms with Crippen LogP contribution in [0.1, 0.15) is 20.3 Å². The number of hydrogen-bond acceptors (Lipinski definition) is 2. The minimum Gasteiger partial charge on any atom is -0.481 e. The van der Waals surface area contributed by atoms with Crippen LogP contribution in [0.4, 0.5) is 13.2 Å². The highest BCUT2D eigenvalue weighted by Crippen LogP contribution is 2.49. The number of halogens is 3. The molecule has 0 spiro atoms. The Labute approximate surface area is 120 Å². The molecular formula is C14H18F3NO3. The van der Waals surface area contributed by atoms with Crippen molar-refractivity contribution >= 4 is 11.9 Å². The highest BCUT2D eigenvalue weighted by molar-refractivity contribution is 5.87. The molecule has 2 aliphatic rings.